The summed E-state index contributed by atoms with van der Waals surface area (Å²) in [5.74, 6) is 1.61. The number of ether oxygens (including phenoxy) is 1. The molecule has 0 aliphatic carbocycles. The largest absolute Gasteiger partial charge is 0.482 e. The highest BCUT2D eigenvalue weighted by molar-refractivity contribution is 5.97. The predicted octanol–water partition coefficient (Wildman–Crippen LogP) is 2.01. The SMILES string of the molecule is C=C(C)CN1CCC(NC(=NC)NCCCN2C(=O)COc3ccccc32)CC1. The molecule has 0 radical (unpaired) electrons. The first kappa shape index (κ1) is 21.2. The standard InChI is InChI=1S/C22H33N5O2/c1-17(2)15-26-13-9-18(10-14-26)25-22(23-3)24-11-6-12-27-19-7-4-5-8-20(19)29-16-21(27)28/h4-5,7-8,18H,1,6,9-16H2,2-3H3,(H2,23,24,25). The Morgan fingerprint density at radius 1 is 1.31 bits per heavy atom. The Morgan fingerprint density at radius 3 is 2.79 bits per heavy atom. The number of guanidine groups is 1. The molecule has 0 bridgehead atoms. The quantitative estimate of drug-likeness (QED) is 0.318. The van der Waals surface area contributed by atoms with Gasteiger partial charge in [0.25, 0.3) is 5.91 Å². The molecule has 158 valence electrons. The fourth-order valence-corrected chi connectivity index (χ4v) is 3.85. The maximum atomic E-state index is 12.2. The van der Waals surface area contributed by atoms with Crippen LogP contribution in [0.4, 0.5) is 5.69 Å². The number of carbonyl (C=O) groups is 1. The highest BCUT2D eigenvalue weighted by atomic mass is 16.5. The summed E-state index contributed by atoms with van der Waals surface area (Å²) in [7, 11) is 1.80. The molecule has 0 saturated carbocycles. The Labute approximate surface area is 173 Å². The summed E-state index contributed by atoms with van der Waals surface area (Å²) < 4.78 is 5.50. The molecule has 2 N–H and O–H groups in total. The van der Waals surface area contributed by atoms with Crippen molar-refractivity contribution < 1.29 is 9.53 Å². The Kier molecular flexibility index (Phi) is 7.52. The number of aliphatic imine (C=N–C) groups is 1. The second-order valence-corrected chi connectivity index (χ2v) is 7.81. The van der Waals surface area contributed by atoms with Gasteiger partial charge in [-0.1, -0.05) is 24.3 Å². The van der Waals surface area contributed by atoms with Crippen LogP contribution in [0.15, 0.2) is 41.4 Å². The number of likely N-dealkylation sites (tertiary alicyclic amines) is 1. The molecule has 1 aromatic rings. The zero-order valence-corrected chi connectivity index (χ0v) is 17.6. The van der Waals surface area contributed by atoms with Gasteiger partial charge in [-0.05, 0) is 38.3 Å². The van der Waals surface area contributed by atoms with E-state index in [4.69, 9.17) is 4.74 Å². The van der Waals surface area contributed by atoms with Crippen molar-refractivity contribution in [3.05, 3.63) is 36.4 Å². The zero-order valence-electron chi connectivity index (χ0n) is 17.6. The summed E-state index contributed by atoms with van der Waals surface area (Å²) in [5.41, 5.74) is 2.07. The molecule has 1 amide bonds. The lowest BCUT2D eigenvalue weighted by Gasteiger charge is -2.33. The van der Waals surface area contributed by atoms with Crippen LogP contribution in [-0.4, -0.2) is 69.2 Å². The number of fused-ring (bicyclic) bond motifs is 1. The van der Waals surface area contributed by atoms with Crippen LogP contribution in [0.3, 0.4) is 0 Å². The molecule has 1 fully saturated rings. The van der Waals surface area contributed by atoms with Gasteiger partial charge in [0, 0.05) is 45.8 Å². The lowest BCUT2D eigenvalue weighted by atomic mass is 10.0. The first-order valence-corrected chi connectivity index (χ1v) is 10.4. The number of nitrogens with zero attached hydrogens (tertiary/aromatic N) is 3. The highest BCUT2D eigenvalue weighted by Crippen LogP contribution is 2.31. The molecule has 3 rings (SSSR count). The minimum atomic E-state index is 0.00716. The fourth-order valence-electron chi connectivity index (χ4n) is 3.85. The number of hydrogen-bond acceptors (Lipinski definition) is 4. The van der Waals surface area contributed by atoms with E-state index in [1.54, 1.807) is 7.05 Å². The molecule has 7 heteroatoms. The van der Waals surface area contributed by atoms with E-state index in [1.807, 2.05) is 29.2 Å². The number of anilines is 1. The summed E-state index contributed by atoms with van der Waals surface area (Å²) >= 11 is 0. The topological polar surface area (TPSA) is 69.2 Å². The van der Waals surface area contributed by atoms with E-state index in [0.29, 0.717) is 12.6 Å². The van der Waals surface area contributed by atoms with Crippen LogP contribution < -0.4 is 20.3 Å². The van der Waals surface area contributed by atoms with Crippen molar-refractivity contribution in [1.82, 2.24) is 15.5 Å². The van der Waals surface area contributed by atoms with Gasteiger partial charge in [-0.2, -0.15) is 0 Å². The molecule has 0 spiro atoms. The minimum Gasteiger partial charge on any atom is -0.482 e. The van der Waals surface area contributed by atoms with Crippen molar-refractivity contribution in [2.24, 2.45) is 4.99 Å². The summed E-state index contributed by atoms with van der Waals surface area (Å²) in [5, 5.41) is 6.91. The van der Waals surface area contributed by atoms with Crippen LogP contribution in [0.25, 0.3) is 0 Å². The number of benzene rings is 1. The van der Waals surface area contributed by atoms with Crippen LogP contribution in [0, 0.1) is 0 Å². The Bertz CT molecular complexity index is 740. The van der Waals surface area contributed by atoms with Gasteiger partial charge in [-0.15, -0.1) is 0 Å². The summed E-state index contributed by atoms with van der Waals surface area (Å²) in [4.78, 5) is 20.8. The average molecular weight is 400 g/mol. The Morgan fingerprint density at radius 2 is 2.07 bits per heavy atom. The highest BCUT2D eigenvalue weighted by Gasteiger charge is 2.24. The van der Waals surface area contributed by atoms with E-state index in [0.717, 1.165) is 62.8 Å². The molecule has 0 unspecified atom stereocenters. The summed E-state index contributed by atoms with van der Waals surface area (Å²) in [6, 6.07) is 8.13. The van der Waals surface area contributed by atoms with Gasteiger partial charge in [0.15, 0.2) is 12.6 Å². The second kappa shape index (κ2) is 10.3. The van der Waals surface area contributed by atoms with Crippen LogP contribution in [-0.2, 0) is 4.79 Å². The normalized spacial score (nSPS) is 18.2. The summed E-state index contributed by atoms with van der Waals surface area (Å²) in [6.07, 6.45) is 3.04. The van der Waals surface area contributed by atoms with Crippen molar-refractivity contribution in [3.63, 3.8) is 0 Å². The van der Waals surface area contributed by atoms with E-state index in [9.17, 15) is 4.79 Å². The number of nitrogens with one attached hydrogen (secondary N) is 2. The van der Waals surface area contributed by atoms with E-state index < -0.39 is 0 Å². The van der Waals surface area contributed by atoms with Crippen molar-refractivity contribution >= 4 is 17.6 Å². The fraction of sp³-hybridized carbons (Fsp3) is 0.545. The van der Waals surface area contributed by atoms with Gasteiger partial charge in [-0.25, -0.2) is 0 Å². The molecule has 29 heavy (non-hydrogen) atoms. The number of carbonyl (C=O) groups excluding carboxylic acids is 1. The maximum absolute atomic E-state index is 12.2. The molecular weight excluding hydrogens is 366 g/mol. The van der Waals surface area contributed by atoms with Crippen LogP contribution in [0.1, 0.15) is 26.2 Å². The zero-order chi connectivity index (χ0) is 20.6. The van der Waals surface area contributed by atoms with E-state index in [1.165, 1.54) is 5.57 Å². The van der Waals surface area contributed by atoms with Crippen molar-refractivity contribution in [2.75, 3.05) is 51.3 Å². The number of amides is 1. The number of para-hydroxylation sites is 2. The maximum Gasteiger partial charge on any atom is 0.265 e. The third-order valence-corrected chi connectivity index (χ3v) is 5.30. The van der Waals surface area contributed by atoms with Gasteiger partial charge < -0.3 is 20.3 Å². The molecule has 1 aromatic carbocycles. The molecule has 1 saturated heterocycles. The molecule has 7 nitrogen and oxygen atoms in total. The van der Waals surface area contributed by atoms with E-state index in [-0.39, 0.29) is 12.5 Å². The lowest BCUT2D eigenvalue weighted by molar-refractivity contribution is -0.121. The third kappa shape index (κ3) is 5.97. The third-order valence-electron chi connectivity index (χ3n) is 5.30. The second-order valence-electron chi connectivity index (χ2n) is 7.81. The smallest absolute Gasteiger partial charge is 0.265 e. The Hall–Kier alpha value is -2.54. The van der Waals surface area contributed by atoms with Crippen molar-refractivity contribution in [2.45, 2.75) is 32.2 Å². The minimum absolute atomic E-state index is 0.00716. The van der Waals surface area contributed by atoms with Crippen LogP contribution >= 0.6 is 0 Å². The number of rotatable bonds is 7. The molecule has 2 aliphatic heterocycles. The molecule has 2 aliphatic rings. The van der Waals surface area contributed by atoms with E-state index in [2.05, 4.69) is 34.0 Å². The average Bonchev–Trinajstić information content (AvgIpc) is 2.72. The van der Waals surface area contributed by atoms with Crippen LogP contribution in [0.5, 0.6) is 5.75 Å². The first-order chi connectivity index (χ1) is 14.1. The molecule has 2 heterocycles. The molecule has 0 atom stereocenters. The molecular formula is C22H33N5O2. The molecule has 0 aromatic heterocycles. The van der Waals surface area contributed by atoms with Gasteiger partial charge in [0.2, 0.25) is 0 Å². The monoisotopic (exact) mass is 399 g/mol. The van der Waals surface area contributed by atoms with Gasteiger partial charge in [-0.3, -0.25) is 14.7 Å². The van der Waals surface area contributed by atoms with Gasteiger partial charge in [0.1, 0.15) is 5.75 Å². The number of piperidine rings is 1. The van der Waals surface area contributed by atoms with Crippen molar-refractivity contribution in [3.8, 4) is 5.75 Å². The Balaban J connectivity index is 1.40. The van der Waals surface area contributed by atoms with E-state index >= 15 is 0 Å². The van der Waals surface area contributed by atoms with Gasteiger partial charge in [0.05, 0.1) is 5.69 Å². The number of hydrogen-bond donors (Lipinski definition) is 2. The van der Waals surface area contributed by atoms with Crippen molar-refractivity contribution in [1.29, 1.82) is 0 Å². The van der Waals surface area contributed by atoms with Gasteiger partial charge >= 0.3 is 0 Å². The van der Waals surface area contributed by atoms with Crippen LogP contribution in [0.2, 0.25) is 0 Å². The first-order valence-electron chi connectivity index (χ1n) is 10.4. The lowest BCUT2D eigenvalue weighted by Crippen LogP contribution is -2.49. The summed E-state index contributed by atoms with van der Waals surface area (Å²) in [6.45, 7) is 10.8. The predicted molar refractivity (Wildman–Crippen MR) is 118 cm³/mol.